The number of hydrazone groups is 1. The highest BCUT2D eigenvalue weighted by atomic mass is 32.1. The number of ether oxygens (including phenoxy) is 1. The van der Waals surface area contributed by atoms with Crippen LogP contribution in [0.3, 0.4) is 0 Å². The van der Waals surface area contributed by atoms with Crippen LogP contribution in [0.4, 0.5) is 22.7 Å². The van der Waals surface area contributed by atoms with Gasteiger partial charge in [-0.05, 0) is 25.1 Å². The van der Waals surface area contributed by atoms with Crippen LogP contribution < -0.4 is 5.43 Å². The first-order valence-corrected chi connectivity index (χ1v) is 7.93. The number of benzene rings is 1. The zero-order chi connectivity index (χ0) is 18.4. The number of alkyl halides is 3. The molecule has 0 atom stereocenters. The van der Waals surface area contributed by atoms with Gasteiger partial charge >= 0.3 is 12.1 Å². The second-order valence-corrected chi connectivity index (χ2v) is 5.59. The molecule has 0 aliphatic carbocycles. The number of hydrogen-bond donors (Lipinski definition) is 1. The first kappa shape index (κ1) is 18.8. The Bertz CT molecular complexity index is 774. The van der Waals surface area contributed by atoms with Gasteiger partial charge in [0.25, 0.3) is 0 Å². The molecular weight excluding hydrogens is 362 g/mol. The fraction of sp³-hybridized carbons (Fsp3) is 0.267. The Morgan fingerprint density at radius 1 is 1.44 bits per heavy atom. The molecule has 0 amide bonds. The van der Waals surface area contributed by atoms with Crippen LogP contribution in [-0.4, -0.2) is 23.8 Å². The molecule has 0 aliphatic heterocycles. The molecule has 0 radical (unpaired) electrons. The molecule has 0 unspecified atom stereocenters. The van der Waals surface area contributed by atoms with Gasteiger partial charge in [0.05, 0.1) is 30.5 Å². The Hall–Kier alpha value is -2.49. The third kappa shape index (κ3) is 5.52. The average molecular weight is 375 g/mol. The Morgan fingerprint density at radius 3 is 2.84 bits per heavy atom. The maximum Gasteiger partial charge on any atom is 0.416 e. The Morgan fingerprint density at radius 2 is 2.20 bits per heavy atom. The molecule has 1 aromatic heterocycles. The quantitative estimate of drug-likeness (QED) is 0.361. The molecule has 0 fully saturated rings. The van der Waals surface area contributed by atoms with Crippen molar-refractivity contribution in [3.63, 3.8) is 0 Å². The van der Waals surface area contributed by atoms with Crippen LogP contribution in [0.5, 0.6) is 0 Å². The third-order valence-electron chi connectivity index (χ3n) is 2.87. The Labute approximate surface area is 144 Å². The van der Waals surface area contributed by atoms with Gasteiger partial charge in [-0.25, -0.2) is 9.37 Å². The highest BCUT2D eigenvalue weighted by molar-refractivity contribution is 7.13. The minimum absolute atomic E-state index is 0.0171. The van der Waals surface area contributed by atoms with Crippen molar-refractivity contribution in [3.8, 4) is 0 Å². The van der Waals surface area contributed by atoms with Crippen LogP contribution in [0.2, 0.25) is 0 Å². The van der Waals surface area contributed by atoms with Crippen LogP contribution in [0.1, 0.15) is 23.7 Å². The van der Waals surface area contributed by atoms with E-state index < -0.39 is 23.5 Å². The lowest BCUT2D eigenvalue weighted by Crippen LogP contribution is -2.07. The summed E-state index contributed by atoms with van der Waals surface area (Å²) < 4.78 is 55.8. The molecule has 10 heteroatoms. The van der Waals surface area contributed by atoms with Gasteiger partial charge in [0.1, 0.15) is 5.82 Å². The van der Waals surface area contributed by atoms with Crippen molar-refractivity contribution < 1.29 is 27.1 Å². The summed E-state index contributed by atoms with van der Waals surface area (Å²) in [6.45, 7) is 1.97. The summed E-state index contributed by atoms with van der Waals surface area (Å²) in [5.41, 5.74) is 1.84. The van der Waals surface area contributed by atoms with Crippen molar-refractivity contribution in [1.29, 1.82) is 0 Å². The maximum absolute atomic E-state index is 13.6. The molecule has 0 saturated heterocycles. The number of halogens is 4. The van der Waals surface area contributed by atoms with Gasteiger partial charge in [-0.3, -0.25) is 10.2 Å². The minimum Gasteiger partial charge on any atom is -0.466 e. The molecule has 2 aromatic rings. The topological polar surface area (TPSA) is 63.6 Å². The van der Waals surface area contributed by atoms with Crippen LogP contribution in [0, 0.1) is 5.82 Å². The highest BCUT2D eigenvalue weighted by Gasteiger charge is 2.31. The predicted octanol–water partition coefficient (Wildman–Crippen LogP) is 3.85. The molecular formula is C15H13F4N3O2S. The molecule has 134 valence electrons. The van der Waals surface area contributed by atoms with E-state index in [0.717, 1.165) is 18.3 Å². The second-order valence-electron chi connectivity index (χ2n) is 4.73. The SMILES string of the molecule is CCOC(=O)Cc1csc(NN=Cc2ccc(C(F)(F)F)cc2F)n1. The molecule has 0 aliphatic rings. The Balaban J connectivity index is 1.97. The van der Waals surface area contributed by atoms with E-state index in [-0.39, 0.29) is 18.6 Å². The van der Waals surface area contributed by atoms with Crippen molar-refractivity contribution in [2.24, 2.45) is 5.10 Å². The zero-order valence-corrected chi connectivity index (χ0v) is 13.7. The largest absolute Gasteiger partial charge is 0.466 e. The summed E-state index contributed by atoms with van der Waals surface area (Å²) in [6, 6.07) is 2.16. The van der Waals surface area contributed by atoms with E-state index in [2.05, 4.69) is 15.5 Å². The first-order chi connectivity index (χ1) is 11.8. The van der Waals surface area contributed by atoms with E-state index in [1.54, 1.807) is 12.3 Å². The number of carbonyl (C=O) groups excluding carboxylic acids is 1. The van der Waals surface area contributed by atoms with E-state index >= 15 is 0 Å². The van der Waals surface area contributed by atoms with E-state index in [1.807, 2.05) is 0 Å². The summed E-state index contributed by atoms with van der Waals surface area (Å²) >= 11 is 1.17. The van der Waals surface area contributed by atoms with Crippen molar-refractivity contribution >= 4 is 28.7 Å². The third-order valence-corrected chi connectivity index (χ3v) is 3.67. The number of anilines is 1. The summed E-state index contributed by atoms with van der Waals surface area (Å²) in [6.07, 6.45) is -3.55. The molecule has 0 bridgehead atoms. The zero-order valence-electron chi connectivity index (χ0n) is 12.9. The van der Waals surface area contributed by atoms with Crippen LogP contribution in [-0.2, 0) is 22.1 Å². The lowest BCUT2D eigenvalue weighted by atomic mass is 10.1. The molecule has 1 N–H and O–H groups in total. The monoisotopic (exact) mass is 375 g/mol. The number of aromatic nitrogens is 1. The van der Waals surface area contributed by atoms with Crippen molar-refractivity contribution in [2.45, 2.75) is 19.5 Å². The number of hydrogen-bond acceptors (Lipinski definition) is 6. The van der Waals surface area contributed by atoms with Gasteiger partial charge in [0, 0.05) is 10.9 Å². The summed E-state index contributed by atoms with van der Waals surface area (Å²) in [4.78, 5) is 15.4. The maximum atomic E-state index is 13.6. The van der Waals surface area contributed by atoms with E-state index in [4.69, 9.17) is 4.74 Å². The number of nitrogens with zero attached hydrogens (tertiary/aromatic N) is 2. The standard InChI is InChI=1S/C15H13F4N3O2S/c1-2-24-13(23)6-11-8-25-14(21-11)22-20-7-9-3-4-10(5-12(9)16)15(17,18)19/h3-5,7-8H,2,6H2,1H3,(H,21,22). The fourth-order valence-electron chi connectivity index (χ4n) is 1.76. The minimum atomic E-state index is -4.61. The van der Waals surface area contributed by atoms with Crippen LogP contribution in [0.15, 0.2) is 28.7 Å². The first-order valence-electron chi connectivity index (χ1n) is 7.05. The molecule has 5 nitrogen and oxygen atoms in total. The predicted molar refractivity (Wildman–Crippen MR) is 85.1 cm³/mol. The van der Waals surface area contributed by atoms with E-state index in [1.165, 1.54) is 11.3 Å². The van der Waals surface area contributed by atoms with Gasteiger partial charge in [-0.15, -0.1) is 11.3 Å². The number of esters is 1. The Kier molecular flexibility index (Phi) is 6.07. The molecule has 2 rings (SSSR count). The molecule has 25 heavy (non-hydrogen) atoms. The number of thiazole rings is 1. The lowest BCUT2D eigenvalue weighted by Gasteiger charge is -2.07. The molecule has 0 spiro atoms. The molecule has 1 heterocycles. The van der Waals surface area contributed by atoms with Crippen LogP contribution >= 0.6 is 11.3 Å². The average Bonchev–Trinajstić information content (AvgIpc) is 2.95. The summed E-state index contributed by atoms with van der Waals surface area (Å²) in [5, 5.41) is 5.71. The fourth-order valence-corrected chi connectivity index (χ4v) is 2.42. The normalized spacial score (nSPS) is 11.7. The van der Waals surface area contributed by atoms with Crippen molar-refractivity contribution in [3.05, 3.63) is 46.2 Å². The highest BCUT2D eigenvalue weighted by Crippen LogP contribution is 2.29. The molecule has 0 saturated carbocycles. The van der Waals surface area contributed by atoms with Gasteiger partial charge in [-0.2, -0.15) is 18.3 Å². The van der Waals surface area contributed by atoms with Gasteiger partial charge < -0.3 is 4.74 Å². The lowest BCUT2D eigenvalue weighted by molar-refractivity contribution is -0.142. The number of rotatable bonds is 6. The van der Waals surface area contributed by atoms with Gasteiger partial charge in [0.2, 0.25) is 5.13 Å². The number of nitrogens with one attached hydrogen (secondary N) is 1. The molecule has 1 aromatic carbocycles. The van der Waals surface area contributed by atoms with Gasteiger partial charge in [-0.1, -0.05) is 0 Å². The van der Waals surface area contributed by atoms with Gasteiger partial charge in [0.15, 0.2) is 0 Å². The van der Waals surface area contributed by atoms with Crippen molar-refractivity contribution in [2.75, 3.05) is 12.0 Å². The van der Waals surface area contributed by atoms with Crippen LogP contribution in [0.25, 0.3) is 0 Å². The second kappa shape index (κ2) is 8.06. The summed E-state index contributed by atoms with van der Waals surface area (Å²) in [5.74, 6) is -1.45. The van der Waals surface area contributed by atoms with E-state index in [9.17, 15) is 22.4 Å². The van der Waals surface area contributed by atoms with E-state index in [0.29, 0.717) is 16.9 Å². The van der Waals surface area contributed by atoms with Crippen molar-refractivity contribution in [1.82, 2.24) is 4.98 Å². The smallest absolute Gasteiger partial charge is 0.416 e. The number of carbonyl (C=O) groups is 1. The summed E-state index contributed by atoms with van der Waals surface area (Å²) in [7, 11) is 0.